The van der Waals surface area contributed by atoms with Gasteiger partial charge in [-0.3, -0.25) is 9.69 Å². The van der Waals surface area contributed by atoms with Gasteiger partial charge in [0, 0.05) is 13.1 Å². The van der Waals surface area contributed by atoms with Crippen LogP contribution in [0.5, 0.6) is 0 Å². The Bertz CT molecular complexity index is 387. The number of amides is 1. The molecule has 1 aromatic rings. The predicted octanol–water partition coefficient (Wildman–Crippen LogP) is -2.03. The highest BCUT2D eigenvalue weighted by molar-refractivity contribution is 5.78. The Balaban J connectivity index is 2.05. The number of carbonyl (C=O) groups excluding carboxylic acids is 1. The van der Waals surface area contributed by atoms with Crippen LogP contribution in [0.25, 0.3) is 0 Å². The van der Waals surface area contributed by atoms with Crippen LogP contribution in [-0.2, 0) is 11.3 Å². The lowest BCUT2D eigenvalue weighted by Gasteiger charge is -2.25. The molecule has 1 amide bonds. The van der Waals surface area contributed by atoms with E-state index >= 15 is 0 Å². The van der Waals surface area contributed by atoms with Gasteiger partial charge in [0.05, 0.1) is 13.1 Å². The van der Waals surface area contributed by atoms with E-state index in [-0.39, 0.29) is 17.8 Å². The molecule has 0 atom stereocenters. The monoisotopic (exact) mass is 223 g/mol. The van der Waals surface area contributed by atoms with Crippen molar-refractivity contribution in [1.82, 2.24) is 25.2 Å². The second kappa shape index (κ2) is 4.27. The van der Waals surface area contributed by atoms with Gasteiger partial charge in [-0.1, -0.05) is 0 Å². The Labute approximate surface area is 92.1 Å². The third kappa shape index (κ3) is 2.54. The number of nitrogen functional groups attached to an aromatic ring is 2. The molecule has 8 heteroatoms. The summed E-state index contributed by atoms with van der Waals surface area (Å²) >= 11 is 0. The second-order valence-corrected chi connectivity index (χ2v) is 3.53. The molecule has 16 heavy (non-hydrogen) atoms. The van der Waals surface area contributed by atoms with E-state index in [9.17, 15) is 4.79 Å². The van der Waals surface area contributed by atoms with Crippen LogP contribution >= 0.6 is 0 Å². The van der Waals surface area contributed by atoms with Crippen molar-refractivity contribution in [3.63, 3.8) is 0 Å². The number of anilines is 2. The van der Waals surface area contributed by atoms with Gasteiger partial charge in [0.15, 0.2) is 0 Å². The molecule has 1 aliphatic heterocycles. The van der Waals surface area contributed by atoms with Crippen molar-refractivity contribution in [3.8, 4) is 0 Å². The Morgan fingerprint density at radius 2 is 1.94 bits per heavy atom. The predicted molar refractivity (Wildman–Crippen MR) is 56.9 cm³/mol. The van der Waals surface area contributed by atoms with Crippen LogP contribution in [0.1, 0.15) is 5.82 Å². The smallest absolute Gasteiger partial charge is 0.234 e. The van der Waals surface area contributed by atoms with Crippen LogP contribution in [0, 0.1) is 0 Å². The minimum atomic E-state index is 0.00116. The molecule has 1 saturated heterocycles. The van der Waals surface area contributed by atoms with E-state index in [2.05, 4.69) is 20.3 Å². The lowest BCUT2D eigenvalue weighted by molar-refractivity contribution is -0.124. The van der Waals surface area contributed by atoms with Crippen LogP contribution in [0.15, 0.2) is 0 Å². The number of carbonyl (C=O) groups is 1. The summed E-state index contributed by atoms with van der Waals surface area (Å²) in [7, 11) is 0. The molecule has 0 radical (unpaired) electrons. The van der Waals surface area contributed by atoms with Gasteiger partial charge in [-0.15, -0.1) is 0 Å². The molecule has 86 valence electrons. The molecular weight excluding hydrogens is 210 g/mol. The zero-order valence-corrected chi connectivity index (χ0v) is 8.68. The van der Waals surface area contributed by atoms with E-state index < -0.39 is 0 Å². The lowest BCUT2D eigenvalue weighted by atomic mass is 10.3. The first kappa shape index (κ1) is 10.6. The summed E-state index contributed by atoms with van der Waals surface area (Å²) in [5.41, 5.74) is 10.9. The van der Waals surface area contributed by atoms with Gasteiger partial charge in [0.1, 0.15) is 5.82 Å². The normalized spacial score (nSPS) is 17.1. The molecule has 2 heterocycles. The fourth-order valence-corrected chi connectivity index (χ4v) is 1.55. The van der Waals surface area contributed by atoms with Gasteiger partial charge in [-0.05, 0) is 0 Å². The number of rotatable bonds is 2. The fourth-order valence-electron chi connectivity index (χ4n) is 1.55. The summed E-state index contributed by atoms with van der Waals surface area (Å²) in [6.45, 7) is 2.18. The molecule has 5 N–H and O–H groups in total. The van der Waals surface area contributed by atoms with Crippen molar-refractivity contribution in [2.75, 3.05) is 31.1 Å². The quantitative estimate of drug-likeness (QED) is 0.528. The zero-order chi connectivity index (χ0) is 11.5. The van der Waals surface area contributed by atoms with E-state index in [0.29, 0.717) is 25.5 Å². The third-order valence-corrected chi connectivity index (χ3v) is 2.20. The Morgan fingerprint density at radius 1 is 1.25 bits per heavy atom. The van der Waals surface area contributed by atoms with Crippen molar-refractivity contribution in [3.05, 3.63) is 5.82 Å². The van der Waals surface area contributed by atoms with Crippen LogP contribution < -0.4 is 16.8 Å². The number of nitrogens with one attached hydrogen (secondary N) is 1. The first-order valence-electron chi connectivity index (χ1n) is 4.88. The highest BCUT2D eigenvalue weighted by Crippen LogP contribution is 2.04. The standard InChI is InChI=1S/C8H13N7O/c9-7-12-5(13-8(10)14-7)3-15-2-1-11-6(16)4-15/h1-4H2,(H,11,16)(H4,9,10,12,13,14). The number of nitrogens with zero attached hydrogens (tertiary/aromatic N) is 4. The number of hydrogen-bond acceptors (Lipinski definition) is 7. The van der Waals surface area contributed by atoms with Gasteiger partial charge in [0.25, 0.3) is 0 Å². The number of aromatic nitrogens is 3. The number of hydrogen-bond donors (Lipinski definition) is 3. The van der Waals surface area contributed by atoms with E-state index in [4.69, 9.17) is 11.5 Å². The highest BCUT2D eigenvalue weighted by Gasteiger charge is 2.17. The molecule has 0 aliphatic carbocycles. The van der Waals surface area contributed by atoms with Crippen LogP contribution in [0.3, 0.4) is 0 Å². The van der Waals surface area contributed by atoms with Gasteiger partial charge in [-0.2, -0.15) is 15.0 Å². The fraction of sp³-hybridized carbons (Fsp3) is 0.500. The van der Waals surface area contributed by atoms with E-state index in [0.717, 1.165) is 6.54 Å². The first-order valence-corrected chi connectivity index (χ1v) is 4.88. The lowest BCUT2D eigenvalue weighted by Crippen LogP contribution is -2.47. The largest absolute Gasteiger partial charge is 0.368 e. The maximum absolute atomic E-state index is 11.1. The number of nitrogens with two attached hydrogens (primary N) is 2. The topological polar surface area (TPSA) is 123 Å². The molecule has 0 aromatic carbocycles. The van der Waals surface area contributed by atoms with Gasteiger partial charge in [0.2, 0.25) is 17.8 Å². The second-order valence-electron chi connectivity index (χ2n) is 3.53. The molecule has 0 bridgehead atoms. The van der Waals surface area contributed by atoms with Crippen LogP contribution in [0.2, 0.25) is 0 Å². The Kier molecular flexibility index (Phi) is 2.82. The van der Waals surface area contributed by atoms with Crippen molar-refractivity contribution in [2.45, 2.75) is 6.54 Å². The third-order valence-electron chi connectivity index (χ3n) is 2.20. The Morgan fingerprint density at radius 3 is 2.56 bits per heavy atom. The van der Waals surface area contributed by atoms with Gasteiger partial charge in [-0.25, -0.2) is 0 Å². The SMILES string of the molecule is Nc1nc(N)nc(CN2CCNC(=O)C2)n1. The summed E-state index contributed by atoms with van der Waals surface area (Å²) in [6.07, 6.45) is 0. The summed E-state index contributed by atoms with van der Waals surface area (Å²) in [6, 6.07) is 0. The van der Waals surface area contributed by atoms with Crippen molar-refractivity contribution < 1.29 is 4.79 Å². The molecule has 2 rings (SSSR count). The van der Waals surface area contributed by atoms with E-state index in [1.165, 1.54) is 0 Å². The summed E-state index contributed by atoms with van der Waals surface area (Å²) in [5, 5.41) is 2.74. The summed E-state index contributed by atoms with van der Waals surface area (Å²) in [4.78, 5) is 24.7. The van der Waals surface area contributed by atoms with Crippen molar-refractivity contribution >= 4 is 17.8 Å². The van der Waals surface area contributed by atoms with E-state index in [1.54, 1.807) is 0 Å². The molecular formula is C8H13N7O. The van der Waals surface area contributed by atoms with E-state index in [1.807, 2.05) is 4.90 Å². The first-order chi connectivity index (χ1) is 7.63. The maximum Gasteiger partial charge on any atom is 0.234 e. The molecule has 0 unspecified atom stereocenters. The molecule has 1 aliphatic rings. The summed E-state index contributed by atoms with van der Waals surface area (Å²) < 4.78 is 0. The number of piperazine rings is 1. The van der Waals surface area contributed by atoms with Crippen LogP contribution in [-0.4, -0.2) is 45.4 Å². The average Bonchev–Trinajstić information content (AvgIpc) is 2.15. The average molecular weight is 223 g/mol. The molecule has 0 spiro atoms. The minimum Gasteiger partial charge on any atom is -0.368 e. The Hall–Kier alpha value is -1.96. The molecule has 8 nitrogen and oxygen atoms in total. The zero-order valence-electron chi connectivity index (χ0n) is 8.68. The van der Waals surface area contributed by atoms with Crippen LogP contribution in [0.4, 0.5) is 11.9 Å². The minimum absolute atomic E-state index is 0.00116. The van der Waals surface area contributed by atoms with Crippen molar-refractivity contribution in [2.24, 2.45) is 0 Å². The summed E-state index contributed by atoms with van der Waals surface area (Å²) in [5.74, 6) is 0.689. The molecule has 0 saturated carbocycles. The maximum atomic E-state index is 11.1. The molecule has 1 fully saturated rings. The molecule has 1 aromatic heterocycles. The van der Waals surface area contributed by atoms with Gasteiger partial charge < -0.3 is 16.8 Å². The highest BCUT2D eigenvalue weighted by atomic mass is 16.2. The van der Waals surface area contributed by atoms with Crippen molar-refractivity contribution in [1.29, 1.82) is 0 Å². The van der Waals surface area contributed by atoms with Gasteiger partial charge >= 0.3 is 0 Å².